The summed E-state index contributed by atoms with van der Waals surface area (Å²) in [6.45, 7) is 0.120. The summed E-state index contributed by atoms with van der Waals surface area (Å²) >= 11 is 0. The maximum absolute atomic E-state index is 12.3. The lowest BCUT2D eigenvalue weighted by Gasteiger charge is -2.26. The number of esters is 1. The number of benzene rings is 2. The summed E-state index contributed by atoms with van der Waals surface area (Å²) in [7, 11) is 2.89. The zero-order chi connectivity index (χ0) is 19.9. The number of hydrogen-bond acceptors (Lipinski definition) is 7. The van der Waals surface area contributed by atoms with Crippen LogP contribution in [0.25, 0.3) is 0 Å². The van der Waals surface area contributed by atoms with E-state index in [1.54, 1.807) is 18.2 Å². The number of amides is 1. The summed E-state index contributed by atoms with van der Waals surface area (Å²) in [5.41, 5.74) is 0.176. The van der Waals surface area contributed by atoms with Gasteiger partial charge in [-0.15, -0.1) is 0 Å². The predicted octanol–water partition coefficient (Wildman–Crippen LogP) is 1.82. The van der Waals surface area contributed by atoms with Crippen molar-refractivity contribution < 1.29 is 33.3 Å². The molecule has 0 spiro atoms. The Morgan fingerprint density at radius 1 is 1.07 bits per heavy atom. The lowest BCUT2D eigenvalue weighted by Crippen LogP contribution is -2.42. The van der Waals surface area contributed by atoms with Gasteiger partial charge in [0.05, 0.1) is 20.8 Å². The normalized spacial score (nSPS) is 14.7. The molecular formula is C20H21NO7. The van der Waals surface area contributed by atoms with Crippen molar-refractivity contribution in [1.29, 1.82) is 0 Å². The molecule has 1 amide bonds. The zero-order valence-electron chi connectivity index (χ0n) is 15.6. The topological polar surface area (TPSA) is 92.3 Å². The first-order valence-corrected chi connectivity index (χ1v) is 8.65. The average molecular weight is 387 g/mol. The second kappa shape index (κ2) is 8.98. The lowest BCUT2D eigenvalue weighted by molar-refractivity contribution is -0.124. The minimum Gasteiger partial charge on any atom is -0.493 e. The number of carbonyl (C=O) groups is 2. The maximum atomic E-state index is 12.3. The van der Waals surface area contributed by atoms with Gasteiger partial charge in [0.15, 0.2) is 29.6 Å². The molecule has 28 heavy (non-hydrogen) atoms. The smallest absolute Gasteiger partial charge is 0.342 e. The molecule has 0 aromatic heterocycles. The number of hydrogen-bond donors (Lipinski definition) is 1. The van der Waals surface area contributed by atoms with Crippen LogP contribution in [0.2, 0.25) is 0 Å². The quantitative estimate of drug-likeness (QED) is 0.725. The Hall–Kier alpha value is -3.42. The summed E-state index contributed by atoms with van der Waals surface area (Å²) in [4.78, 5) is 24.3. The third-order valence-corrected chi connectivity index (χ3v) is 4.05. The van der Waals surface area contributed by atoms with E-state index in [1.807, 2.05) is 18.2 Å². The Morgan fingerprint density at radius 3 is 2.61 bits per heavy atom. The van der Waals surface area contributed by atoms with Gasteiger partial charge in [-0.25, -0.2) is 4.79 Å². The largest absolute Gasteiger partial charge is 0.493 e. The van der Waals surface area contributed by atoms with Crippen LogP contribution in [-0.2, 0) is 9.53 Å². The molecule has 1 aliphatic heterocycles. The Morgan fingerprint density at radius 2 is 1.86 bits per heavy atom. The standard InChI is InChI=1S/C20H21NO7/c1-24-17-9-5-6-14(19(17)25-2)20(23)27-12-18(22)21-10-13-11-26-15-7-3-4-8-16(15)28-13/h3-9,13H,10-12H2,1-2H3,(H,21,22)/t13-/m1/s1. The minimum absolute atomic E-state index is 0.176. The fourth-order valence-corrected chi connectivity index (χ4v) is 2.70. The Bertz CT molecular complexity index is 852. The van der Waals surface area contributed by atoms with Crippen LogP contribution in [0.1, 0.15) is 10.4 Å². The van der Waals surface area contributed by atoms with Gasteiger partial charge in [0, 0.05) is 0 Å². The SMILES string of the molecule is COc1cccc(C(=O)OCC(=O)NC[C@@H]2COc3ccccc3O2)c1OC. The Kier molecular flexibility index (Phi) is 6.21. The van der Waals surface area contributed by atoms with Gasteiger partial charge in [0.2, 0.25) is 0 Å². The molecule has 1 atom stereocenters. The molecule has 1 aliphatic rings. The molecule has 8 heteroatoms. The lowest BCUT2D eigenvalue weighted by atomic mass is 10.2. The molecule has 2 aromatic rings. The Labute approximate surface area is 162 Å². The summed E-state index contributed by atoms with van der Waals surface area (Å²) < 4.78 is 26.7. The molecule has 8 nitrogen and oxygen atoms in total. The van der Waals surface area contributed by atoms with Gasteiger partial charge < -0.3 is 29.0 Å². The van der Waals surface area contributed by atoms with Crippen molar-refractivity contribution in [2.75, 3.05) is 34.0 Å². The molecule has 0 unspecified atom stereocenters. The molecule has 2 aromatic carbocycles. The van der Waals surface area contributed by atoms with Gasteiger partial charge in [-0.05, 0) is 24.3 Å². The molecule has 3 rings (SSSR count). The zero-order valence-corrected chi connectivity index (χ0v) is 15.6. The first-order valence-electron chi connectivity index (χ1n) is 8.65. The van der Waals surface area contributed by atoms with Gasteiger partial charge in [-0.1, -0.05) is 18.2 Å². The van der Waals surface area contributed by atoms with Crippen LogP contribution in [0.3, 0.4) is 0 Å². The third-order valence-electron chi connectivity index (χ3n) is 4.05. The van der Waals surface area contributed by atoms with Crippen molar-refractivity contribution in [3.05, 3.63) is 48.0 Å². The monoisotopic (exact) mass is 387 g/mol. The van der Waals surface area contributed by atoms with Crippen LogP contribution in [0.5, 0.6) is 23.0 Å². The number of nitrogens with one attached hydrogen (secondary N) is 1. The number of para-hydroxylation sites is 3. The highest BCUT2D eigenvalue weighted by Crippen LogP contribution is 2.31. The molecule has 148 valence electrons. The van der Waals surface area contributed by atoms with E-state index in [1.165, 1.54) is 20.3 Å². The van der Waals surface area contributed by atoms with Crippen LogP contribution in [0.4, 0.5) is 0 Å². The van der Waals surface area contributed by atoms with E-state index in [4.69, 9.17) is 23.7 Å². The second-order valence-corrected chi connectivity index (χ2v) is 5.92. The molecule has 0 aliphatic carbocycles. The van der Waals surface area contributed by atoms with Gasteiger partial charge in [-0.3, -0.25) is 4.79 Å². The van der Waals surface area contributed by atoms with E-state index in [0.29, 0.717) is 23.9 Å². The number of fused-ring (bicyclic) bond motifs is 1. The van der Waals surface area contributed by atoms with Crippen molar-refractivity contribution in [2.24, 2.45) is 0 Å². The predicted molar refractivity (Wildman–Crippen MR) is 99.2 cm³/mol. The van der Waals surface area contributed by atoms with Crippen molar-refractivity contribution in [3.8, 4) is 23.0 Å². The minimum atomic E-state index is -0.683. The molecule has 0 saturated carbocycles. The number of carbonyl (C=O) groups excluding carboxylic acids is 2. The van der Waals surface area contributed by atoms with E-state index in [-0.39, 0.29) is 24.0 Å². The van der Waals surface area contributed by atoms with E-state index >= 15 is 0 Å². The summed E-state index contributed by atoms with van der Waals surface area (Å²) in [5, 5.41) is 2.66. The van der Waals surface area contributed by atoms with Crippen LogP contribution in [0.15, 0.2) is 42.5 Å². The Balaban J connectivity index is 1.48. The molecule has 1 heterocycles. The molecule has 0 saturated heterocycles. The molecular weight excluding hydrogens is 366 g/mol. The second-order valence-electron chi connectivity index (χ2n) is 5.92. The van der Waals surface area contributed by atoms with Crippen LogP contribution < -0.4 is 24.3 Å². The van der Waals surface area contributed by atoms with Gasteiger partial charge in [0.1, 0.15) is 18.3 Å². The third kappa shape index (κ3) is 4.46. The summed E-state index contributed by atoms with van der Waals surface area (Å²) in [6, 6.07) is 12.1. The first kappa shape index (κ1) is 19.3. The molecule has 0 radical (unpaired) electrons. The highest BCUT2D eigenvalue weighted by Gasteiger charge is 2.22. The van der Waals surface area contributed by atoms with E-state index < -0.39 is 18.5 Å². The fourth-order valence-electron chi connectivity index (χ4n) is 2.70. The van der Waals surface area contributed by atoms with Crippen molar-refractivity contribution in [1.82, 2.24) is 5.32 Å². The van der Waals surface area contributed by atoms with Crippen molar-refractivity contribution >= 4 is 11.9 Å². The fraction of sp³-hybridized carbons (Fsp3) is 0.300. The average Bonchev–Trinajstić information content (AvgIpc) is 2.75. The molecule has 0 fully saturated rings. The van der Waals surface area contributed by atoms with Crippen molar-refractivity contribution in [2.45, 2.75) is 6.10 Å². The summed E-state index contributed by atoms with van der Waals surface area (Å²) in [5.74, 6) is 0.823. The van der Waals surface area contributed by atoms with Gasteiger partial charge in [0.25, 0.3) is 5.91 Å². The van der Waals surface area contributed by atoms with E-state index in [0.717, 1.165) is 0 Å². The number of methoxy groups -OCH3 is 2. The highest BCUT2D eigenvalue weighted by molar-refractivity contribution is 5.94. The number of rotatable bonds is 7. The summed E-state index contributed by atoms with van der Waals surface area (Å²) in [6.07, 6.45) is -0.326. The first-order chi connectivity index (χ1) is 13.6. The van der Waals surface area contributed by atoms with Crippen molar-refractivity contribution in [3.63, 3.8) is 0 Å². The molecule has 0 bridgehead atoms. The molecule has 1 N–H and O–H groups in total. The van der Waals surface area contributed by atoms with E-state index in [2.05, 4.69) is 5.32 Å². The maximum Gasteiger partial charge on any atom is 0.342 e. The van der Waals surface area contributed by atoms with Gasteiger partial charge >= 0.3 is 5.97 Å². The highest BCUT2D eigenvalue weighted by atomic mass is 16.6. The number of ether oxygens (including phenoxy) is 5. The van der Waals surface area contributed by atoms with Crippen LogP contribution >= 0.6 is 0 Å². The van der Waals surface area contributed by atoms with Crippen LogP contribution in [-0.4, -0.2) is 52.0 Å². The van der Waals surface area contributed by atoms with E-state index in [9.17, 15) is 9.59 Å². The van der Waals surface area contributed by atoms with Gasteiger partial charge in [-0.2, -0.15) is 0 Å². The van der Waals surface area contributed by atoms with Crippen LogP contribution in [0, 0.1) is 0 Å².